The molecule has 1 N–H and O–H groups in total. The fraction of sp³-hybridized carbons (Fsp3) is 0.429. The Bertz CT molecular complexity index is 998. The average molecular weight is 379 g/mol. The van der Waals surface area contributed by atoms with Gasteiger partial charge in [0.15, 0.2) is 0 Å². The van der Waals surface area contributed by atoms with Gasteiger partial charge in [0.25, 0.3) is 0 Å². The standard InChI is InChI=1S/C21H25N5O2/c1-12-6-5-7-19(23-12)16-8-15(16)11-28-21-17(9-22-14(3)24-21)18-10-26(4)25-20(18)13(2)27/h5-7,9-10,13,15-16,27H,8,11H2,1-4H3. The highest BCUT2D eigenvalue weighted by molar-refractivity contribution is 5.69. The van der Waals surface area contributed by atoms with Gasteiger partial charge in [0.2, 0.25) is 5.88 Å². The third kappa shape index (κ3) is 3.75. The molecule has 28 heavy (non-hydrogen) atoms. The van der Waals surface area contributed by atoms with Crippen LogP contribution in [0.2, 0.25) is 0 Å². The fourth-order valence-electron chi connectivity index (χ4n) is 3.52. The van der Waals surface area contributed by atoms with Crippen molar-refractivity contribution in [3.63, 3.8) is 0 Å². The zero-order valence-electron chi connectivity index (χ0n) is 16.6. The summed E-state index contributed by atoms with van der Waals surface area (Å²) in [6.45, 7) is 6.13. The van der Waals surface area contributed by atoms with Crippen molar-refractivity contribution < 1.29 is 9.84 Å². The van der Waals surface area contributed by atoms with E-state index in [1.165, 1.54) is 0 Å². The highest BCUT2D eigenvalue weighted by atomic mass is 16.5. The van der Waals surface area contributed by atoms with Crippen LogP contribution in [0.3, 0.4) is 0 Å². The predicted molar refractivity (Wildman–Crippen MR) is 105 cm³/mol. The number of rotatable bonds is 6. The molecule has 1 fully saturated rings. The van der Waals surface area contributed by atoms with Gasteiger partial charge in [-0.2, -0.15) is 10.1 Å². The van der Waals surface area contributed by atoms with Crippen molar-refractivity contribution >= 4 is 0 Å². The summed E-state index contributed by atoms with van der Waals surface area (Å²) >= 11 is 0. The van der Waals surface area contributed by atoms with Crippen molar-refractivity contribution in [2.45, 2.75) is 39.2 Å². The molecule has 3 heterocycles. The molecule has 3 aromatic rings. The molecule has 0 bridgehead atoms. The first-order valence-corrected chi connectivity index (χ1v) is 9.54. The van der Waals surface area contributed by atoms with Crippen LogP contribution < -0.4 is 4.74 Å². The summed E-state index contributed by atoms with van der Waals surface area (Å²) in [6, 6.07) is 6.16. The topological polar surface area (TPSA) is 86.0 Å². The maximum Gasteiger partial charge on any atom is 0.224 e. The summed E-state index contributed by atoms with van der Waals surface area (Å²) in [5.74, 6) is 2.06. The highest BCUT2D eigenvalue weighted by Gasteiger charge is 2.40. The van der Waals surface area contributed by atoms with Crippen molar-refractivity contribution in [1.29, 1.82) is 0 Å². The van der Waals surface area contributed by atoms with Crippen LogP contribution in [0.5, 0.6) is 5.88 Å². The van der Waals surface area contributed by atoms with Gasteiger partial charge < -0.3 is 9.84 Å². The number of aryl methyl sites for hydroxylation is 3. The lowest BCUT2D eigenvalue weighted by Gasteiger charge is -2.11. The Balaban J connectivity index is 1.54. The fourth-order valence-corrected chi connectivity index (χ4v) is 3.52. The van der Waals surface area contributed by atoms with Crippen molar-refractivity contribution in [1.82, 2.24) is 24.7 Å². The van der Waals surface area contributed by atoms with E-state index < -0.39 is 6.10 Å². The molecule has 3 aromatic heterocycles. The van der Waals surface area contributed by atoms with Gasteiger partial charge in [-0.05, 0) is 39.3 Å². The lowest BCUT2D eigenvalue weighted by molar-refractivity contribution is 0.194. The lowest BCUT2D eigenvalue weighted by atomic mass is 10.1. The highest BCUT2D eigenvalue weighted by Crippen LogP contribution is 2.47. The van der Waals surface area contributed by atoms with Crippen LogP contribution in [-0.2, 0) is 7.05 Å². The summed E-state index contributed by atoms with van der Waals surface area (Å²) in [6.07, 6.45) is 3.99. The van der Waals surface area contributed by atoms with Crippen molar-refractivity contribution in [3.8, 4) is 17.0 Å². The van der Waals surface area contributed by atoms with Crippen LogP contribution in [-0.4, -0.2) is 36.4 Å². The Morgan fingerprint density at radius 1 is 1.25 bits per heavy atom. The molecule has 3 unspecified atom stereocenters. The van der Waals surface area contributed by atoms with E-state index in [4.69, 9.17) is 4.74 Å². The van der Waals surface area contributed by atoms with E-state index in [0.717, 1.165) is 28.9 Å². The number of pyridine rings is 1. The SMILES string of the molecule is Cc1cccc(C2CC2COc2nc(C)ncc2-c2cn(C)nc2C(C)O)n1. The Morgan fingerprint density at radius 3 is 2.82 bits per heavy atom. The molecule has 0 spiro atoms. The molecule has 0 aromatic carbocycles. The first-order chi connectivity index (χ1) is 13.4. The van der Waals surface area contributed by atoms with E-state index in [0.29, 0.717) is 35.8 Å². The predicted octanol–water partition coefficient (Wildman–Crippen LogP) is 3.12. The van der Waals surface area contributed by atoms with Crippen molar-refractivity contribution in [2.75, 3.05) is 6.61 Å². The summed E-state index contributed by atoms with van der Waals surface area (Å²) in [4.78, 5) is 13.5. The van der Waals surface area contributed by atoms with E-state index in [9.17, 15) is 5.11 Å². The number of ether oxygens (including phenoxy) is 1. The summed E-state index contributed by atoms with van der Waals surface area (Å²) in [7, 11) is 1.83. The second-order valence-corrected chi connectivity index (χ2v) is 7.53. The first kappa shape index (κ1) is 18.6. The molecule has 1 aliphatic rings. The minimum absolute atomic E-state index is 0.433. The molecule has 4 rings (SSSR count). The molecule has 7 heteroatoms. The normalized spacial score (nSPS) is 19.5. The van der Waals surface area contributed by atoms with E-state index in [2.05, 4.69) is 32.2 Å². The second-order valence-electron chi connectivity index (χ2n) is 7.53. The maximum absolute atomic E-state index is 10.1. The lowest BCUT2D eigenvalue weighted by Crippen LogP contribution is -2.06. The van der Waals surface area contributed by atoms with Crippen LogP contribution in [0.15, 0.2) is 30.6 Å². The van der Waals surface area contributed by atoms with Gasteiger partial charge in [-0.3, -0.25) is 9.67 Å². The first-order valence-electron chi connectivity index (χ1n) is 9.54. The van der Waals surface area contributed by atoms with E-state index in [1.807, 2.05) is 33.2 Å². The average Bonchev–Trinajstić information content (AvgIpc) is 3.33. The maximum atomic E-state index is 10.1. The Morgan fingerprint density at radius 2 is 2.07 bits per heavy atom. The molecule has 1 aliphatic carbocycles. The van der Waals surface area contributed by atoms with Gasteiger partial charge in [0, 0.05) is 48.2 Å². The molecule has 0 aliphatic heterocycles. The molecule has 3 atom stereocenters. The Kier molecular flexibility index (Phi) is 4.85. The zero-order chi connectivity index (χ0) is 19.8. The van der Waals surface area contributed by atoms with Crippen LogP contribution in [0.1, 0.15) is 48.3 Å². The molecule has 0 radical (unpaired) electrons. The molecular formula is C21H25N5O2. The van der Waals surface area contributed by atoms with Gasteiger partial charge in [-0.25, -0.2) is 4.98 Å². The Labute approximate surface area is 164 Å². The number of aromatic nitrogens is 5. The van der Waals surface area contributed by atoms with Crippen molar-refractivity contribution in [2.24, 2.45) is 13.0 Å². The zero-order valence-corrected chi connectivity index (χ0v) is 16.6. The van der Waals surface area contributed by atoms with Gasteiger partial charge >= 0.3 is 0 Å². The number of aliphatic hydroxyl groups is 1. The minimum Gasteiger partial charge on any atom is -0.477 e. The molecule has 0 amide bonds. The van der Waals surface area contributed by atoms with Crippen LogP contribution in [0.4, 0.5) is 0 Å². The molecule has 7 nitrogen and oxygen atoms in total. The smallest absolute Gasteiger partial charge is 0.224 e. The number of aliphatic hydroxyl groups excluding tert-OH is 1. The Hall–Kier alpha value is -2.80. The summed E-state index contributed by atoms with van der Waals surface area (Å²) in [5, 5.41) is 14.4. The van der Waals surface area contributed by atoms with Crippen molar-refractivity contribution in [3.05, 3.63) is 53.5 Å². The second kappa shape index (κ2) is 7.31. The summed E-state index contributed by atoms with van der Waals surface area (Å²) < 4.78 is 7.81. The molecule has 146 valence electrons. The summed E-state index contributed by atoms with van der Waals surface area (Å²) in [5.41, 5.74) is 4.31. The number of nitrogens with zero attached hydrogens (tertiary/aromatic N) is 5. The minimum atomic E-state index is -0.689. The van der Waals surface area contributed by atoms with Gasteiger partial charge in [0.05, 0.1) is 24.0 Å². The van der Waals surface area contributed by atoms with E-state index in [-0.39, 0.29) is 0 Å². The van der Waals surface area contributed by atoms with Crippen LogP contribution >= 0.6 is 0 Å². The number of hydrogen-bond acceptors (Lipinski definition) is 6. The third-order valence-corrected chi connectivity index (χ3v) is 5.06. The van der Waals surface area contributed by atoms with E-state index >= 15 is 0 Å². The molecular weight excluding hydrogens is 354 g/mol. The van der Waals surface area contributed by atoms with E-state index in [1.54, 1.807) is 17.8 Å². The third-order valence-electron chi connectivity index (χ3n) is 5.06. The molecule has 1 saturated carbocycles. The van der Waals surface area contributed by atoms with Gasteiger partial charge in [-0.1, -0.05) is 6.07 Å². The molecule has 0 saturated heterocycles. The van der Waals surface area contributed by atoms with Gasteiger partial charge in [0.1, 0.15) is 5.82 Å². The van der Waals surface area contributed by atoms with Crippen LogP contribution in [0, 0.1) is 19.8 Å². The largest absolute Gasteiger partial charge is 0.477 e. The monoisotopic (exact) mass is 379 g/mol. The number of hydrogen-bond donors (Lipinski definition) is 1. The van der Waals surface area contributed by atoms with Crippen LogP contribution in [0.25, 0.3) is 11.1 Å². The van der Waals surface area contributed by atoms with Gasteiger partial charge in [-0.15, -0.1) is 0 Å². The quantitative estimate of drug-likeness (QED) is 0.708.